The van der Waals surface area contributed by atoms with E-state index in [0.717, 1.165) is 30.0 Å². The fourth-order valence-electron chi connectivity index (χ4n) is 3.20. The highest BCUT2D eigenvalue weighted by atomic mass is 32.2. The quantitative estimate of drug-likeness (QED) is 0.624. The Labute approximate surface area is 173 Å². The van der Waals surface area contributed by atoms with E-state index in [4.69, 9.17) is 4.74 Å². The van der Waals surface area contributed by atoms with Crippen LogP contribution in [0.25, 0.3) is 0 Å². The van der Waals surface area contributed by atoms with Crippen molar-refractivity contribution in [1.29, 1.82) is 0 Å². The van der Waals surface area contributed by atoms with Gasteiger partial charge in [0, 0.05) is 23.2 Å². The van der Waals surface area contributed by atoms with Crippen LogP contribution in [0.3, 0.4) is 0 Å². The highest BCUT2D eigenvalue weighted by molar-refractivity contribution is 7.99. The molecule has 8 heteroatoms. The van der Waals surface area contributed by atoms with Crippen molar-refractivity contribution >= 4 is 45.7 Å². The first kappa shape index (κ1) is 20.7. The van der Waals surface area contributed by atoms with Gasteiger partial charge in [-0.15, -0.1) is 23.1 Å². The number of anilines is 2. The molecule has 0 spiro atoms. The molecule has 1 fully saturated rings. The van der Waals surface area contributed by atoms with Crippen LogP contribution >= 0.6 is 23.1 Å². The van der Waals surface area contributed by atoms with Crippen molar-refractivity contribution in [1.82, 2.24) is 4.98 Å². The van der Waals surface area contributed by atoms with Gasteiger partial charge in [-0.25, -0.2) is 4.98 Å². The van der Waals surface area contributed by atoms with Crippen LogP contribution in [0, 0.1) is 5.92 Å². The van der Waals surface area contributed by atoms with Gasteiger partial charge in [-0.3, -0.25) is 9.59 Å². The Morgan fingerprint density at radius 3 is 2.64 bits per heavy atom. The zero-order chi connectivity index (χ0) is 19.8. The molecule has 0 aliphatic heterocycles. The third-order valence-electron chi connectivity index (χ3n) is 4.60. The number of hydrogen-bond donors (Lipinski definition) is 2. The zero-order valence-corrected chi connectivity index (χ0v) is 17.5. The summed E-state index contributed by atoms with van der Waals surface area (Å²) in [6, 6.07) is 7.23. The van der Waals surface area contributed by atoms with Crippen molar-refractivity contribution in [2.45, 2.75) is 37.9 Å². The lowest BCUT2D eigenvalue weighted by atomic mass is 10.0. The Morgan fingerprint density at radius 2 is 1.93 bits per heavy atom. The molecular formula is C20H25N3O3S2. The van der Waals surface area contributed by atoms with Crippen LogP contribution in [0.1, 0.15) is 37.8 Å². The van der Waals surface area contributed by atoms with Crippen molar-refractivity contribution in [3.05, 3.63) is 35.3 Å². The minimum Gasteiger partial charge on any atom is -0.497 e. The lowest BCUT2D eigenvalue weighted by Gasteiger charge is -2.07. The standard InChI is InChI=1S/C20H25N3O3S2/c1-26-17-8-6-15(7-9-17)21-19(25)13-27-11-16-12-28-20(22-16)23-18(24)10-14-4-2-3-5-14/h6-9,12,14H,2-5,10-11,13H2,1H3,(H,21,25)(H,22,23,24). The number of nitrogens with zero attached hydrogens (tertiary/aromatic N) is 1. The van der Waals surface area contributed by atoms with Gasteiger partial charge in [0.1, 0.15) is 5.75 Å². The average molecular weight is 420 g/mol. The van der Waals surface area contributed by atoms with E-state index >= 15 is 0 Å². The summed E-state index contributed by atoms with van der Waals surface area (Å²) in [4.78, 5) is 28.6. The van der Waals surface area contributed by atoms with E-state index in [0.29, 0.717) is 29.0 Å². The van der Waals surface area contributed by atoms with Crippen LogP contribution in [-0.2, 0) is 15.3 Å². The summed E-state index contributed by atoms with van der Waals surface area (Å²) >= 11 is 2.93. The molecule has 2 aromatic rings. The first-order valence-corrected chi connectivity index (χ1v) is 11.4. The molecule has 3 rings (SSSR count). The number of methoxy groups -OCH3 is 1. The van der Waals surface area contributed by atoms with Crippen LogP contribution in [0.4, 0.5) is 10.8 Å². The number of thiazole rings is 1. The van der Waals surface area contributed by atoms with Crippen molar-refractivity contribution in [3.8, 4) is 5.75 Å². The minimum absolute atomic E-state index is 0.0549. The summed E-state index contributed by atoms with van der Waals surface area (Å²) in [5.41, 5.74) is 1.62. The fourth-order valence-corrected chi connectivity index (χ4v) is 4.75. The third kappa shape index (κ3) is 6.53. The van der Waals surface area contributed by atoms with Gasteiger partial charge >= 0.3 is 0 Å². The molecule has 0 atom stereocenters. The van der Waals surface area contributed by atoms with Crippen LogP contribution < -0.4 is 15.4 Å². The number of hydrogen-bond acceptors (Lipinski definition) is 6. The summed E-state index contributed by atoms with van der Waals surface area (Å²) in [5, 5.41) is 8.33. The number of benzene rings is 1. The van der Waals surface area contributed by atoms with Crippen LogP contribution in [0.5, 0.6) is 5.75 Å². The SMILES string of the molecule is COc1ccc(NC(=O)CSCc2csc(NC(=O)CC3CCCC3)n2)cc1. The van der Waals surface area contributed by atoms with Gasteiger partial charge in [0.05, 0.1) is 18.6 Å². The molecule has 1 saturated carbocycles. The van der Waals surface area contributed by atoms with E-state index in [1.807, 2.05) is 17.5 Å². The van der Waals surface area contributed by atoms with E-state index in [1.165, 1.54) is 35.9 Å². The van der Waals surface area contributed by atoms with Crippen LogP contribution in [0.2, 0.25) is 0 Å². The molecule has 1 heterocycles. The largest absolute Gasteiger partial charge is 0.497 e. The molecule has 0 radical (unpaired) electrons. The summed E-state index contributed by atoms with van der Waals surface area (Å²) in [5.74, 6) is 2.24. The zero-order valence-electron chi connectivity index (χ0n) is 15.9. The maximum Gasteiger partial charge on any atom is 0.234 e. The highest BCUT2D eigenvalue weighted by Crippen LogP contribution is 2.28. The number of rotatable bonds is 9. The third-order valence-corrected chi connectivity index (χ3v) is 6.38. The number of nitrogens with one attached hydrogen (secondary N) is 2. The van der Waals surface area contributed by atoms with Gasteiger partial charge in [0.15, 0.2) is 5.13 Å². The summed E-state index contributed by atoms with van der Waals surface area (Å²) in [6.45, 7) is 0. The molecule has 1 aromatic heterocycles. The number of amides is 2. The van der Waals surface area contributed by atoms with E-state index in [-0.39, 0.29) is 11.8 Å². The predicted octanol–water partition coefficient (Wildman–Crippen LogP) is 4.54. The number of ether oxygens (including phenoxy) is 1. The molecule has 0 bridgehead atoms. The summed E-state index contributed by atoms with van der Waals surface area (Å²) in [6.07, 6.45) is 5.39. The first-order valence-electron chi connectivity index (χ1n) is 9.38. The Balaban J connectivity index is 1.36. The molecule has 1 aliphatic carbocycles. The van der Waals surface area contributed by atoms with E-state index in [9.17, 15) is 9.59 Å². The second-order valence-corrected chi connectivity index (χ2v) is 8.66. The molecule has 1 aromatic carbocycles. The number of thioether (sulfide) groups is 1. The first-order chi connectivity index (χ1) is 13.6. The van der Waals surface area contributed by atoms with Crippen molar-refractivity contribution in [2.75, 3.05) is 23.5 Å². The smallest absolute Gasteiger partial charge is 0.234 e. The van der Waals surface area contributed by atoms with Crippen LogP contribution in [-0.4, -0.2) is 29.7 Å². The molecule has 2 N–H and O–H groups in total. The predicted molar refractivity (Wildman–Crippen MR) is 115 cm³/mol. The Kier molecular flexibility index (Phi) is 7.73. The number of carbonyl (C=O) groups excluding carboxylic acids is 2. The molecule has 1 aliphatic rings. The van der Waals surface area contributed by atoms with Gasteiger partial charge in [-0.05, 0) is 43.0 Å². The van der Waals surface area contributed by atoms with Gasteiger partial charge in [-0.1, -0.05) is 12.8 Å². The maximum atomic E-state index is 12.1. The average Bonchev–Trinajstić information content (AvgIpc) is 3.34. The van der Waals surface area contributed by atoms with Crippen molar-refractivity contribution in [3.63, 3.8) is 0 Å². The van der Waals surface area contributed by atoms with Gasteiger partial charge in [-0.2, -0.15) is 0 Å². The van der Waals surface area contributed by atoms with E-state index < -0.39 is 0 Å². The minimum atomic E-state index is -0.0597. The monoisotopic (exact) mass is 419 g/mol. The molecule has 150 valence electrons. The molecule has 28 heavy (non-hydrogen) atoms. The Bertz CT molecular complexity index is 786. The van der Waals surface area contributed by atoms with E-state index in [1.54, 1.807) is 19.2 Å². The Hall–Kier alpha value is -2.06. The topological polar surface area (TPSA) is 80.3 Å². The summed E-state index contributed by atoms with van der Waals surface area (Å²) in [7, 11) is 1.61. The maximum absolute atomic E-state index is 12.1. The van der Waals surface area contributed by atoms with Crippen molar-refractivity contribution in [2.24, 2.45) is 5.92 Å². The molecule has 0 saturated heterocycles. The normalized spacial score (nSPS) is 14.0. The summed E-state index contributed by atoms with van der Waals surface area (Å²) < 4.78 is 5.10. The fraction of sp³-hybridized carbons (Fsp3) is 0.450. The van der Waals surface area contributed by atoms with Gasteiger partial charge < -0.3 is 15.4 Å². The second kappa shape index (κ2) is 10.5. The number of aromatic nitrogens is 1. The second-order valence-electron chi connectivity index (χ2n) is 6.82. The lowest BCUT2D eigenvalue weighted by Crippen LogP contribution is -2.15. The highest BCUT2D eigenvalue weighted by Gasteiger charge is 2.19. The molecule has 6 nitrogen and oxygen atoms in total. The van der Waals surface area contributed by atoms with E-state index in [2.05, 4.69) is 15.6 Å². The van der Waals surface area contributed by atoms with Crippen LogP contribution in [0.15, 0.2) is 29.6 Å². The van der Waals surface area contributed by atoms with Gasteiger partial charge in [0.25, 0.3) is 0 Å². The molecule has 0 unspecified atom stereocenters. The number of carbonyl (C=O) groups is 2. The lowest BCUT2D eigenvalue weighted by molar-refractivity contribution is -0.117. The van der Waals surface area contributed by atoms with Gasteiger partial charge in [0.2, 0.25) is 11.8 Å². The van der Waals surface area contributed by atoms with Crippen molar-refractivity contribution < 1.29 is 14.3 Å². The molecular weight excluding hydrogens is 394 g/mol. The Morgan fingerprint density at radius 1 is 1.18 bits per heavy atom. The molecule has 2 amide bonds.